The van der Waals surface area contributed by atoms with Crippen molar-refractivity contribution in [3.05, 3.63) is 23.7 Å². The van der Waals surface area contributed by atoms with Gasteiger partial charge in [-0.2, -0.15) is 13.2 Å². The molecule has 1 aromatic rings. The van der Waals surface area contributed by atoms with E-state index in [0.29, 0.717) is 0 Å². The van der Waals surface area contributed by atoms with Gasteiger partial charge in [0.1, 0.15) is 5.76 Å². The smallest absolute Gasteiger partial charge is 0.415 e. The van der Waals surface area contributed by atoms with Gasteiger partial charge < -0.3 is 19.6 Å². The second-order valence-electron chi connectivity index (χ2n) is 3.88. The minimum absolute atomic E-state index is 0.0393. The highest BCUT2D eigenvalue weighted by molar-refractivity contribution is 5.86. The summed E-state index contributed by atoms with van der Waals surface area (Å²) in [6.07, 6.45) is -7.13. The Morgan fingerprint density at radius 2 is 2.16 bits per heavy atom. The number of hydrogen-bond donors (Lipinski definition) is 2. The molecule has 0 aromatic carbocycles. The van der Waals surface area contributed by atoms with E-state index in [9.17, 15) is 18.0 Å². The average Bonchev–Trinajstić information content (AvgIpc) is 2.82. The van der Waals surface area contributed by atoms with Crippen LogP contribution in [0, 0.1) is 0 Å². The number of aliphatic hydroxyl groups excluding tert-OH is 1. The minimum atomic E-state index is -4.67. The van der Waals surface area contributed by atoms with Crippen LogP contribution in [-0.4, -0.2) is 37.0 Å². The first kappa shape index (κ1) is 15.5. The Labute approximate surface area is 107 Å². The predicted molar refractivity (Wildman–Crippen MR) is 58.5 cm³/mol. The highest BCUT2D eigenvalue weighted by Gasteiger charge is 2.38. The van der Waals surface area contributed by atoms with E-state index in [1.807, 2.05) is 0 Å². The third-order valence-corrected chi connectivity index (χ3v) is 2.44. The van der Waals surface area contributed by atoms with Crippen molar-refractivity contribution in [2.45, 2.75) is 25.2 Å². The third-order valence-electron chi connectivity index (χ3n) is 2.44. The lowest BCUT2D eigenvalue weighted by molar-refractivity contribution is -0.202. The number of ether oxygens (including phenoxy) is 1. The summed E-state index contributed by atoms with van der Waals surface area (Å²) in [6, 6.07) is 2.22. The summed E-state index contributed by atoms with van der Waals surface area (Å²) in [5.41, 5.74) is 0. The molecule has 0 radical (unpaired) electrons. The zero-order valence-corrected chi connectivity index (χ0v) is 10.3. The molecule has 1 heterocycles. The van der Waals surface area contributed by atoms with Crippen LogP contribution in [0.1, 0.15) is 29.3 Å². The largest absolute Gasteiger partial charge is 0.463 e. The normalized spacial score (nSPS) is 15.1. The Morgan fingerprint density at radius 3 is 2.68 bits per heavy atom. The van der Waals surface area contributed by atoms with Crippen LogP contribution in [-0.2, 0) is 4.74 Å². The molecule has 0 spiro atoms. The van der Waals surface area contributed by atoms with Gasteiger partial charge in [-0.1, -0.05) is 0 Å². The third kappa shape index (κ3) is 4.25. The molecule has 0 aliphatic rings. The molecule has 0 aliphatic carbocycles. The molecule has 19 heavy (non-hydrogen) atoms. The molecule has 108 valence electrons. The van der Waals surface area contributed by atoms with Gasteiger partial charge in [0.05, 0.1) is 13.2 Å². The Bertz CT molecular complexity index is 430. The summed E-state index contributed by atoms with van der Waals surface area (Å²) in [5.74, 6) is -0.439. The van der Waals surface area contributed by atoms with Crippen LogP contribution in [0.5, 0.6) is 0 Å². The second kappa shape index (κ2) is 6.07. The predicted octanol–water partition coefficient (Wildman–Crippen LogP) is 1.64. The SMILES string of the molecule is COC(=O)c1ccc(C(C)NCC(O)C(F)(F)F)o1. The zero-order chi connectivity index (χ0) is 14.6. The lowest BCUT2D eigenvalue weighted by Crippen LogP contribution is -2.39. The van der Waals surface area contributed by atoms with E-state index in [1.165, 1.54) is 19.2 Å². The number of aliphatic hydroxyl groups is 1. The van der Waals surface area contributed by atoms with E-state index in [-0.39, 0.29) is 11.5 Å². The highest BCUT2D eigenvalue weighted by atomic mass is 19.4. The number of halogens is 3. The van der Waals surface area contributed by atoms with Crippen molar-refractivity contribution in [3.63, 3.8) is 0 Å². The molecular formula is C11H14F3NO4. The molecule has 5 nitrogen and oxygen atoms in total. The van der Waals surface area contributed by atoms with Crippen molar-refractivity contribution in [3.8, 4) is 0 Å². The van der Waals surface area contributed by atoms with Gasteiger partial charge in [0.2, 0.25) is 5.76 Å². The number of hydrogen-bond acceptors (Lipinski definition) is 5. The Hall–Kier alpha value is -1.54. The van der Waals surface area contributed by atoms with Gasteiger partial charge in [0.15, 0.2) is 6.10 Å². The molecule has 1 rings (SSSR count). The maximum absolute atomic E-state index is 12.1. The molecule has 0 saturated carbocycles. The van der Waals surface area contributed by atoms with Gasteiger partial charge in [-0.15, -0.1) is 0 Å². The van der Waals surface area contributed by atoms with Crippen LogP contribution in [0.3, 0.4) is 0 Å². The van der Waals surface area contributed by atoms with Crippen LogP contribution in [0.15, 0.2) is 16.5 Å². The molecule has 8 heteroatoms. The van der Waals surface area contributed by atoms with Crippen molar-refractivity contribution >= 4 is 5.97 Å². The quantitative estimate of drug-likeness (QED) is 0.803. The summed E-state index contributed by atoms with van der Waals surface area (Å²) in [5, 5.41) is 11.3. The Balaban J connectivity index is 2.57. The average molecular weight is 281 g/mol. The number of alkyl halides is 3. The van der Waals surface area contributed by atoms with E-state index in [4.69, 9.17) is 9.52 Å². The van der Waals surface area contributed by atoms with Gasteiger partial charge in [0.25, 0.3) is 0 Å². The van der Waals surface area contributed by atoms with Crippen molar-refractivity contribution < 1.29 is 32.2 Å². The number of methoxy groups -OCH3 is 1. The lowest BCUT2D eigenvalue weighted by atomic mass is 10.2. The topological polar surface area (TPSA) is 71.7 Å². The van der Waals surface area contributed by atoms with E-state index >= 15 is 0 Å². The number of furan rings is 1. The van der Waals surface area contributed by atoms with Crippen molar-refractivity contribution in [2.24, 2.45) is 0 Å². The number of carbonyl (C=O) groups excluding carboxylic acids is 1. The van der Waals surface area contributed by atoms with Crippen LogP contribution in [0.4, 0.5) is 13.2 Å². The Kier molecular flexibility index (Phi) is 4.96. The van der Waals surface area contributed by atoms with Crippen molar-refractivity contribution in [1.29, 1.82) is 0 Å². The van der Waals surface area contributed by atoms with Crippen molar-refractivity contribution in [1.82, 2.24) is 5.32 Å². The van der Waals surface area contributed by atoms with Crippen LogP contribution < -0.4 is 5.32 Å². The standard InChI is InChI=1S/C11H14F3NO4/c1-6(15-5-9(16)11(12,13)14)7-3-4-8(19-7)10(17)18-2/h3-4,6,9,15-16H,5H2,1-2H3. The van der Waals surface area contributed by atoms with Gasteiger partial charge in [-0.3, -0.25) is 0 Å². The molecular weight excluding hydrogens is 267 g/mol. The number of esters is 1. The maximum Gasteiger partial charge on any atom is 0.415 e. The molecule has 0 saturated heterocycles. The van der Waals surface area contributed by atoms with E-state index in [0.717, 1.165) is 0 Å². The summed E-state index contributed by atoms with van der Waals surface area (Å²) in [4.78, 5) is 11.1. The maximum atomic E-state index is 12.1. The molecule has 0 bridgehead atoms. The summed E-state index contributed by atoms with van der Waals surface area (Å²) in [7, 11) is 1.19. The van der Waals surface area contributed by atoms with Gasteiger partial charge in [-0.05, 0) is 19.1 Å². The van der Waals surface area contributed by atoms with Crippen LogP contribution in [0.25, 0.3) is 0 Å². The lowest BCUT2D eigenvalue weighted by Gasteiger charge is -2.17. The first-order valence-electron chi connectivity index (χ1n) is 5.42. The first-order chi connectivity index (χ1) is 8.75. The highest BCUT2D eigenvalue weighted by Crippen LogP contribution is 2.21. The molecule has 2 atom stereocenters. The minimum Gasteiger partial charge on any atom is -0.463 e. The van der Waals surface area contributed by atoms with E-state index in [2.05, 4.69) is 10.1 Å². The first-order valence-corrected chi connectivity index (χ1v) is 5.42. The molecule has 0 fully saturated rings. The molecule has 0 amide bonds. The van der Waals surface area contributed by atoms with E-state index in [1.54, 1.807) is 6.92 Å². The monoisotopic (exact) mass is 281 g/mol. The van der Waals surface area contributed by atoms with Gasteiger partial charge in [0, 0.05) is 6.54 Å². The zero-order valence-electron chi connectivity index (χ0n) is 10.3. The number of carbonyl (C=O) groups is 1. The van der Waals surface area contributed by atoms with Gasteiger partial charge in [-0.25, -0.2) is 4.79 Å². The summed E-state index contributed by atoms with van der Waals surface area (Å²) in [6.45, 7) is 0.877. The number of nitrogens with one attached hydrogen (secondary N) is 1. The second-order valence-corrected chi connectivity index (χ2v) is 3.88. The Morgan fingerprint density at radius 1 is 1.53 bits per heavy atom. The fourth-order valence-electron chi connectivity index (χ4n) is 1.30. The molecule has 0 aliphatic heterocycles. The summed E-state index contributed by atoms with van der Waals surface area (Å²) < 4.78 is 45.8. The summed E-state index contributed by atoms with van der Waals surface area (Å²) >= 11 is 0. The molecule has 2 N–H and O–H groups in total. The molecule has 1 aromatic heterocycles. The fraction of sp³-hybridized carbons (Fsp3) is 0.545. The number of rotatable bonds is 5. The fourth-order valence-corrected chi connectivity index (χ4v) is 1.30. The van der Waals surface area contributed by atoms with Gasteiger partial charge >= 0.3 is 12.1 Å². The van der Waals surface area contributed by atoms with Crippen molar-refractivity contribution in [2.75, 3.05) is 13.7 Å². The van der Waals surface area contributed by atoms with E-state index < -0.39 is 30.8 Å². The van der Waals surface area contributed by atoms with Crippen LogP contribution >= 0.6 is 0 Å². The molecule has 2 unspecified atom stereocenters. The van der Waals surface area contributed by atoms with Crippen LogP contribution in [0.2, 0.25) is 0 Å².